The first-order valence-electron chi connectivity index (χ1n) is 3.46. The molecule has 7 nitrogen and oxygen atoms in total. The van der Waals surface area contributed by atoms with Crippen LogP contribution < -0.4 is 0 Å². The average Bonchev–Trinajstić information content (AvgIpc) is 2.67. The Bertz CT molecular complexity index is 273. The molecule has 2 unspecified atom stereocenters. The molecule has 13 heavy (non-hydrogen) atoms. The van der Waals surface area contributed by atoms with Gasteiger partial charge in [-0.1, -0.05) is 0 Å². The van der Waals surface area contributed by atoms with E-state index >= 15 is 0 Å². The number of carbonyl (C=O) groups excluding carboxylic acids is 1. The van der Waals surface area contributed by atoms with E-state index < -0.39 is 18.2 Å². The summed E-state index contributed by atoms with van der Waals surface area (Å²) < 4.78 is 4.22. The van der Waals surface area contributed by atoms with Crippen molar-refractivity contribution in [3.8, 4) is 0 Å². The fourth-order valence-corrected chi connectivity index (χ4v) is 0.757. The lowest BCUT2D eigenvalue weighted by molar-refractivity contribution is -0.157. The summed E-state index contributed by atoms with van der Waals surface area (Å²) >= 11 is 0. The number of ether oxygens (including phenoxy) is 1. The predicted molar refractivity (Wildman–Crippen MR) is 39.4 cm³/mol. The summed E-state index contributed by atoms with van der Waals surface area (Å²) in [7, 11) is 1.11. The Balaban J connectivity index is 2.68. The average molecular weight is 187 g/mol. The van der Waals surface area contributed by atoms with E-state index in [0.29, 0.717) is 0 Å². The number of nitrogens with zero attached hydrogens (tertiary/aromatic N) is 2. The SMILES string of the molecule is COC(=O)C(O)C(O)c1ncn[nH]1. The number of aliphatic hydroxyl groups is 2. The van der Waals surface area contributed by atoms with Gasteiger partial charge >= 0.3 is 5.97 Å². The first-order valence-corrected chi connectivity index (χ1v) is 3.46. The summed E-state index contributed by atoms with van der Waals surface area (Å²) in [4.78, 5) is 14.3. The lowest BCUT2D eigenvalue weighted by atomic mass is 10.2. The number of esters is 1. The van der Waals surface area contributed by atoms with E-state index in [1.165, 1.54) is 0 Å². The summed E-state index contributed by atoms with van der Waals surface area (Å²) in [6.07, 6.45) is -1.95. The van der Waals surface area contributed by atoms with Crippen LogP contribution in [-0.4, -0.2) is 44.6 Å². The fourth-order valence-electron chi connectivity index (χ4n) is 0.757. The second kappa shape index (κ2) is 3.97. The minimum Gasteiger partial charge on any atom is -0.467 e. The Hall–Kier alpha value is -1.47. The molecule has 0 aliphatic heterocycles. The van der Waals surface area contributed by atoms with Gasteiger partial charge < -0.3 is 14.9 Å². The number of carbonyl (C=O) groups is 1. The van der Waals surface area contributed by atoms with Gasteiger partial charge in [0.15, 0.2) is 11.9 Å². The van der Waals surface area contributed by atoms with Gasteiger partial charge in [-0.25, -0.2) is 9.78 Å². The number of H-pyrrole nitrogens is 1. The molecule has 1 aromatic rings. The van der Waals surface area contributed by atoms with Gasteiger partial charge in [0.2, 0.25) is 0 Å². The number of rotatable bonds is 3. The van der Waals surface area contributed by atoms with Crippen LogP contribution in [0.3, 0.4) is 0 Å². The smallest absolute Gasteiger partial charge is 0.337 e. The van der Waals surface area contributed by atoms with Crippen molar-refractivity contribution in [2.45, 2.75) is 12.2 Å². The standard InChI is InChI=1S/C6H9N3O4/c1-13-6(12)4(11)3(10)5-7-2-8-9-5/h2-4,10-11H,1H3,(H,7,8,9). The van der Waals surface area contributed by atoms with Crippen LogP contribution in [0.15, 0.2) is 6.33 Å². The van der Waals surface area contributed by atoms with E-state index in [1.807, 2.05) is 0 Å². The fraction of sp³-hybridized carbons (Fsp3) is 0.500. The lowest BCUT2D eigenvalue weighted by Crippen LogP contribution is -2.29. The summed E-state index contributed by atoms with van der Waals surface area (Å²) in [6, 6.07) is 0. The van der Waals surface area contributed by atoms with Crippen LogP contribution in [0.25, 0.3) is 0 Å². The maximum atomic E-state index is 10.8. The van der Waals surface area contributed by atoms with Crippen molar-refractivity contribution < 1.29 is 19.7 Å². The molecule has 0 amide bonds. The van der Waals surface area contributed by atoms with Crippen molar-refractivity contribution in [2.75, 3.05) is 7.11 Å². The van der Waals surface area contributed by atoms with E-state index in [4.69, 9.17) is 5.11 Å². The van der Waals surface area contributed by atoms with Gasteiger partial charge in [-0.15, -0.1) is 0 Å². The lowest BCUT2D eigenvalue weighted by Gasteiger charge is -2.12. The Morgan fingerprint density at radius 3 is 2.85 bits per heavy atom. The Morgan fingerprint density at radius 1 is 1.69 bits per heavy atom. The molecule has 2 atom stereocenters. The number of aromatic amines is 1. The molecule has 0 radical (unpaired) electrons. The van der Waals surface area contributed by atoms with Gasteiger partial charge in [0.25, 0.3) is 0 Å². The van der Waals surface area contributed by atoms with E-state index in [-0.39, 0.29) is 5.82 Å². The maximum Gasteiger partial charge on any atom is 0.337 e. The molecule has 0 aromatic carbocycles. The summed E-state index contributed by atoms with van der Waals surface area (Å²) in [5, 5.41) is 24.2. The predicted octanol–water partition coefficient (Wildman–Crippen LogP) is -1.63. The highest BCUT2D eigenvalue weighted by Crippen LogP contribution is 2.11. The molecule has 0 bridgehead atoms. The van der Waals surface area contributed by atoms with E-state index in [1.54, 1.807) is 0 Å². The second-order valence-corrected chi connectivity index (χ2v) is 2.28. The van der Waals surface area contributed by atoms with Gasteiger partial charge in [-0.05, 0) is 0 Å². The topological polar surface area (TPSA) is 108 Å². The number of aromatic nitrogens is 3. The van der Waals surface area contributed by atoms with Crippen LogP contribution in [0.1, 0.15) is 11.9 Å². The molecule has 72 valence electrons. The molecule has 0 aliphatic carbocycles. The molecule has 1 rings (SSSR count). The first kappa shape index (κ1) is 9.62. The monoisotopic (exact) mass is 187 g/mol. The van der Waals surface area contributed by atoms with Crippen LogP contribution in [0, 0.1) is 0 Å². The number of nitrogens with one attached hydrogen (secondary N) is 1. The third-order valence-corrected chi connectivity index (χ3v) is 1.46. The molecule has 7 heteroatoms. The molecule has 0 saturated heterocycles. The van der Waals surface area contributed by atoms with E-state index in [0.717, 1.165) is 13.4 Å². The van der Waals surface area contributed by atoms with Crippen molar-refractivity contribution in [1.82, 2.24) is 15.2 Å². The van der Waals surface area contributed by atoms with Crippen LogP contribution in [0.4, 0.5) is 0 Å². The zero-order valence-corrected chi connectivity index (χ0v) is 6.84. The first-order chi connectivity index (χ1) is 6.16. The van der Waals surface area contributed by atoms with E-state index in [9.17, 15) is 9.90 Å². The summed E-state index contributed by atoms with van der Waals surface area (Å²) in [5.41, 5.74) is 0. The number of hydrogen-bond donors (Lipinski definition) is 3. The summed E-state index contributed by atoms with van der Waals surface area (Å²) in [5.74, 6) is -0.915. The molecular weight excluding hydrogens is 178 g/mol. The number of methoxy groups -OCH3 is 1. The van der Waals surface area contributed by atoms with Gasteiger partial charge in [-0.2, -0.15) is 5.10 Å². The highest BCUT2D eigenvalue weighted by molar-refractivity contribution is 5.74. The van der Waals surface area contributed by atoms with Gasteiger partial charge in [0, 0.05) is 0 Å². The zero-order valence-electron chi connectivity index (χ0n) is 6.84. The van der Waals surface area contributed by atoms with Crippen molar-refractivity contribution in [3.05, 3.63) is 12.2 Å². The Labute approximate surface area is 73.4 Å². The largest absolute Gasteiger partial charge is 0.467 e. The minimum atomic E-state index is -1.65. The molecule has 1 aromatic heterocycles. The van der Waals surface area contributed by atoms with Crippen molar-refractivity contribution in [3.63, 3.8) is 0 Å². The Kier molecular flexibility index (Phi) is 2.93. The van der Waals surface area contributed by atoms with Gasteiger partial charge in [-0.3, -0.25) is 5.10 Å². The van der Waals surface area contributed by atoms with Crippen LogP contribution in [0.2, 0.25) is 0 Å². The quantitative estimate of drug-likeness (QED) is 0.490. The van der Waals surface area contributed by atoms with Gasteiger partial charge in [0.05, 0.1) is 7.11 Å². The third kappa shape index (κ3) is 2.01. The highest BCUT2D eigenvalue weighted by Gasteiger charge is 2.28. The number of aliphatic hydroxyl groups excluding tert-OH is 2. The molecule has 0 saturated carbocycles. The van der Waals surface area contributed by atoms with Crippen LogP contribution in [-0.2, 0) is 9.53 Å². The van der Waals surface area contributed by atoms with E-state index in [2.05, 4.69) is 19.9 Å². The number of hydrogen-bond acceptors (Lipinski definition) is 6. The zero-order chi connectivity index (χ0) is 9.84. The Morgan fingerprint density at radius 2 is 2.38 bits per heavy atom. The minimum absolute atomic E-state index is 0.0119. The van der Waals surface area contributed by atoms with Crippen molar-refractivity contribution >= 4 is 5.97 Å². The van der Waals surface area contributed by atoms with Crippen molar-refractivity contribution in [1.29, 1.82) is 0 Å². The molecule has 1 heterocycles. The summed E-state index contributed by atoms with van der Waals surface area (Å²) in [6.45, 7) is 0. The van der Waals surface area contributed by atoms with Crippen LogP contribution in [0.5, 0.6) is 0 Å². The molecule has 0 spiro atoms. The normalized spacial score (nSPS) is 15.0. The van der Waals surface area contributed by atoms with Crippen LogP contribution >= 0.6 is 0 Å². The maximum absolute atomic E-state index is 10.8. The molecule has 3 N–H and O–H groups in total. The molecule has 0 aliphatic rings. The highest BCUT2D eigenvalue weighted by atomic mass is 16.5. The third-order valence-electron chi connectivity index (χ3n) is 1.46. The second-order valence-electron chi connectivity index (χ2n) is 2.28. The molecule has 0 fully saturated rings. The van der Waals surface area contributed by atoms with Crippen molar-refractivity contribution in [2.24, 2.45) is 0 Å². The van der Waals surface area contributed by atoms with Gasteiger partial charge in [0.1, 0.15) is 12.4 Å². The molecular formula is C6H9N3O4.